The van der Waals surface area contributed by atoms with E-state index in [4.69, 9.17) is 10.5 Å². The van der Waals surface area contributed by atoms with Crippen molar-refractivity contribution in [1.82, 2.24) is 0 Å². The van der Waals surface area contributed by atoms with Gasteiger partial charge in [-0.25, -0.2) is 8.78 Å². The molecule has 84 valence electrons. The zero-order valence-electron chi connectivity index (χ0n) is 8.89. The molecular weight excluding hydrogens is 200 g/mol. The van der Waals surface area contributed by atoms with E-state index < -0.39 is 6.43 Å². The van der Waals surface area contributed by atoms with Gasteiger partial charge in [-0.15, -0.1) is 0 Å². The summed E-state index contributed by atoms with van der Waals surface area (Å²) >= 11 is 0. The van der Waals surface area contributed by atoms with Crippen LogP contribution in [0.3, 0.4) is 0 Å². The van der Waals surface area contributed by atoms with Gasteiger partial charge in [0.15, 0.2) is 0 Å². The van der Waals surface area contributed by atoms with Crippen molar-refractivity contribution in [3.8, 4) is 5.75 Å². The summed E-state index contributed by atoms with van der Waals surface area (Å²) in [6.07, 6.45) is -1.97. The molecule has 1 aromatic rings. The molecule has 0 spiro atoms. The van der Waals surface area contributed by atoms with Gasteiger partial charge in [0.2, 0.25) is 0 Å². The predicted octanol–water partition coefficient (Wildman–Crippen LogP) is 2.44. The first-order chi connectivity index (χ1) is 7.11. The van der Waals surface area contributed by atoms with Gasteiger partial charge in [-0.3, -0.25) is 0 Å². The van der Waals surface area contributed by atoms with Crippen LogP contribution in [0.4, 0.5) is 8.78 Å². The number of alkyl halides is 2. The number of ether oxygens (including phenoxy) is 1. The van der Waals surface area contributed by atoms with E-state index in [2.05, 4.69) is 0 Å². The molecule has 1 rings (SSSR count). The standard InChI is InChI=1S/C11H15F2NO/c1-7-3-4-9(11(12)13)10(15-2)8(7)5-6-14/h3-4,11H,5-6,14H2,1-2H3. The summed E-state index contributed by atoms with van der Waals surface area (Å²) < 4.78 is 30.3. The van der Waals surface area contributed by atoms with Crippen molar-refractivity contribution >= 4 is 0 Å². The lowest BCUT2D eigenvalue weighted by atomic mass is 10.0. The van der Waals surface area contributed by atoms with Crippen LogP contribution in [0.5, 0.6) is 5.75 Å². The molecule has 0 aliphatic heterocycles. The number of benzene rings is 1. The molecule has 1 aromatic carbocycles. The first-order valence-corrected chi connectivity index (χ1v) is 4.76. The molecule has 2 nitrogen and oxygen atoms in total. The predicted molar refractivity (Wildman–Crippen MR) is 55.4 cm³/mol. The van der Waals surface area contributed by atoms with Crippen molar-refractivity contribution in [2.75, 3.05) is 13.7 Å². The maximum absolute atomic E-state index is 12.7. The lowest BCUT2D eigenvalue weighted by molar-refractivity contribution is 0.147. The minimum absolute atomic E-state index is 0.0634. The van der Waals surface area contributed by atoms with Crippen LogP contribution in [0.25, 0.3) is 0 Å². The zero-order chi connectivity index (χ0) is 11.4. The lowest BCUT2D eigenvalue weighted by Crippen LogP contribution is -2.07. The van der Waals surface area contributed by atoms with Crippen LogP contribution in [0, 0.1) is 6.92 Å². The molecule has 0 heterocycles. The Balaban J connectivity index is 3.26. The second-order valence-corrected chi connectivity index (χ2v) is 3.32. The first kappa shape index (κ1) is 11.9. The molecule has 0 aliphatic rings. The first-order valence-electron chi connectivity index (χ1n) is 4.76. The monoisotopic (exact) mass is 215 g/mol. The van der Waals surface area contributed by atoms with Crippen molar-refractivity contribution < 1.29 is 13.5 Å². The third kappa shape index (κ3) is 2.45. The van der Waals surface area contributed by atoms with Gasteiger partial charge in [0.1, 0.15) is 5.75 Å². The highest BCUT2D eigenvalue weighted by molar-refractivity contribution is 5.47. The third-order valence-electron chi connectivity index (χ3n) is 2.36. The van der Waals surface area contributed by atoms with Crippen molar-refractivity contribution in [3.05, 3.63) is 28.8 Å². The quantitative estimate of drug-likeness (QED) is 0.837. The summed E-state index contributed by atoms with van der Waals surface area (Å²) in [5.74, 6) is 0.274. The highest BCUT2D eigenvalue weighted by atomic mass is 19.3. The fraction of sp³-hybridized carbons (Fsp3) is 0.455. The minimum atomic E-state index is -2.52. The SMILES string of the molecule is COc1c(C(F)F)ccc(C)c1CCN. The average molecular weight is 215 g/mol. The summed E-state index contributed by atoms with van der Waals surface area (Å²) in [4.78, 5) is 0. The van der Waals surface area contributed by atoms with Gasteiger partial charge in [0, 0.05) is 0 Å². The Bertz CT molecular complexity index is 340. The van der Waals surface area contributed by atoms with Crippen LogP contribution in [0.15, 0.2) is 12.1 Å². The molecule has 0 radical (unpaired) electrons. The maximum Gasteiger partial charge on any atom is 0.267 e. The smallest absolute Gasteiger partial charge is 0.267 e. The summed E-state index contributed by atoms with van der Waals surface area (Å²) in [6, 6.07) is 3.08. The van der Waals surface area contributed by atoms with Crippen LogP contribution in [0.2, 0.25) is 0 Å². The molecule has 0 saturated carbocycles. The van der Waals surface area contributed by atoms with Crippen LogP contribution >= 0.6 is 0 Å². The van der Waals surface area contributed by atoms with E-state index in [0.29, 0.717) is 13.0 Å². The largest absolute Gasteiger partial charge is 0.496 e. The van der Waals surface area contributed by atoms with Crippen molar-refractivity contribution in [3.63, 3.8) is 0 Å². The third-order valence-corrected chi connectivity index (χ3v) is 2.36. The minimum Gasteiger partial charge on any atom is -0.496 e. The number of methoxy groups -OCH3 is 1. The molecule has 0 amide bonds. The summed E-state index contributed by atoms with van der Waals surface area (Å²) in [5.41, 5.74) is 7.08. The van der Waals surface area contributed by atoms with Gasteiger partial charge in [-0.2, -0.15) is 0 Å². The number of rotatable bonds is 4. The molecule has 0 saturated heterocycles. The van der Waals surface area contributed by atoms with Gasteiger partial charge in [0.05, 0.1) is 12.7 Å². The van der Waals surface area contributed by atoms with Gasteiger partial charge in [0.25, 0.3) is 6.43 Å². The van der Waals surface area contributed by atoms with E-state index in [9.17, 15) is 8.78 Å². The normalized spacial score (nSPS) is 10.8. The highest BCUT2D eigenvalue weighted by Gasteiger charge is 2.17. The molecule has 0 aromatic heterocycles. The highest BCUT2D eigenvalue weighted by Crippen LogP contribution is 2.33. The summed E-state index contributed by atoms with van der Waals surface area (Å²) in [7, 11) is 1.40. The number of halogens is 2. The molecule has 0 aliphatic carbocycles. The molecule has 0 unspecified atom stereocenters. The molecule has 0 atom stereocenters. The molecule has 0 fully saturated rings. The number of hydrogen-bond acceptors (Lipinski definition) is 2. The van der Waals surface area contributed by atoms with E-state index in [0.717, 1.165) is 11.1 Å². The van der Waals surface area contributed by atoms with Gasteiger partial charge in [-0.05, 0) is 37.1 Å². The Morgan fingerprint density at radius 2 is 2.07 bits per heavy atom. The van der Waals surface area contributed by atoms with Crippen molar-refractivity contribution in [1.29, 1.82) is 0 Å². The average Bonchev–Trinajstić information content (AvgIpc) is 2.20. The van der Waals surface area contributed by atoms with E-state index in [1.54, 1.807) is 6.07 Å². The van der Waals surface area contributed by atoms with E-state index in [1.807, 2.05) is 6.92 Å². The van der Waals surface area contributed by atoms with Gasteiger partial charge in [-0.1, -0.05) is 6.07 Å². The van der Waals surface area contributed by atoms with Crippen molar-refractivity contribution in [2.45, 2.75) is 19.8 Å². The molecule has 2 N–H and O–H groups in total. The molecule has 4 heteroatoms. The lowest BCUT2D eigenvalue weighted by Gasteiger charge is -2.15. The topological polar surface area (TPSA) is 35.2 Å². The van der Waals surface area contributed by atoms with E-state index >= 15 is 0 Å². The zero-order valence-corrected chi connectivity index (χ0v) is 8.89. The Morgan fingerprint density at radius 3 is 2.53 bits per heavy atom. The van der Waals surface area contributed by atoms with Crippen LogP contribution in [-0.4, -0.2) is 13.7 Å². The number of aryl methyl sites for hydroxylation is 1. The van der Waals surface area contributed by atoms with Gasteiger partial charge >= 0.3 is 0 Å². The Kier molecular flexibility index (Phi) is 4.03. The maximum atomic E-state index is 12.7. The summed E-state index contributed by atoms with van der Waals surface area (Å²) in [5, 5.41) is 0. The molecule has 15 heavy (non-hydrogen) atoms. The molecule has 0 bridgehead atoms. The Hall–Kier alpha value is -1.16. The Morgan fingerprint density at radius 1 is 1.40 bits per heavy atom. The number of nitrogens with two attached hydrogens (primary N) is 1. The van der Waals surface area contributed by atoms with E-state index in [1.165, 1.54) is 13.2 Å². The Labute approximate surface area is 88.0 Å². The number of hydrogen-bond donors (Lipinski definition) is 1. The molecular formula is C11H15F2NO. The van der Waals surface area contributed by atoms with E-state index in [-0.39, 0.29) is 11.3 Å². The summed E-state index contributed by atoms with van der Waals surface area (Å²) in [6.45, 7) is 2.28. The second-order valence-electron chi connectivity index (χ2n) is 3.32. The van der Waals surface area contributed by atoms with Crippen LogP contribution in [-0.2, 0) is 6.42 Å². The van der Waals surface area contributed by atoms with Gasteiger partial charge < -0.3 is 10.5 Å². The van der Waals surface area contributed by atoms with Crippen LogP contribution < -0.4 is 10.5 Å². The van der Waals surface area contributed by atoms with Crippen molar-refractivity contribution in [2.24, 2.45) is 5.73 Å². The second kappa shape index (κ2) is 5.07. The van der Waals surface area contributed by atoms with Crippen LogP contribution in [0.1, 0.15) is 23.1 Å². The fourth-order valence-electron chi connectivity index (χ4n) is 1.61. The fourth-order valence-corrected chi connectivity index (χ4v) is 1.61.